The normalized spacial score (nSPS) is 19.1. The van der Waals surface area contributed by atoms with Crippen LogP contribution in [0.3, 0.4) is 0 Å². The SMILES string of the molecule is COc1ccc(-c2ccc(/C=C3\SC(N4CCCCC4)=NC3=O)o2)cc1. The Labute approximate surface area is 156 Å². The summed E-state index contributed by atoms with van der Waals surface area (Å²) in [6.07, 6.45) is 5.36. The third-order valence-corrected chi connectivity index (χ3v) is 5.55. The highest BCUT2D eigenvalue weighted by Gasteiger charge is 2.27. The van der Waals surface area contributed by atoms with Gasteiger partial charge in [-0.3, -0.25) is 4.79 Å². The van der Waals surface area contributed by atoms with Crippen LogP contribution in [0.2, 0.25) is 0 Å². The molecule has 0 radical (unpaired) electrons. The number of nitrogens with zero attached hydrogens (tertiary/aromatic N) is 2. The summed E-state index contributed by atoms with van der Waals surface area (Å²) < 4.78 is 11.1. The first-order valence-corrected chi connectivity index (χ1v) is 9.56. The molecule has 0 aliphatic carbocycles. The summed E-state index contributed by atoms with van der Waals surface area (Å²) >= 11 is 1.44. The third kappa shape index (κ3) is 3.55. The molecule has 5 nitrogen and oxygen atoms in total. The van der Waals surface area contributed by atoms with Crippen molar-refractivity contribution < 1.29 is 13.9 Å². The van der Waals surface area contributed by atoms with Gasteiger partial charge in [-0.2, -0.15) is 4.99 Å². The molecule has 3 heterocycles. The summed E-state index contributed by atoms with van der Waals surface area (Å²) in [5, 5.41) is 0.822. The number of hydrogen-bond donors (Lipinski definition) is 0. The molecule has 2 aromatic rings. The quantitative estimate of drug-likeness (QED) is 0.751. The Hall–Kier alpha value is -2.47. The van der Waals surface area contributed by atoms with Crippen molar-refractivity contribution in [1.29, 1.82) is 0 Å². The molecule has 6 heteroatoms. The molecule has 0 atom stereocenters. The monoisotopic (exact) mass is 368 g/mol. The number of thioether (sulfide) groups is 1. The minimum Gasteiger partial charge on any atom is -0.497 e. The van der Waals surface area contributed by atoms with E-state index in [-0.39, 0.29) is 5.91 Å². The number of ether oxygens (including phenoxy) is 1. The Morgan fingerprint density at radius 2 is 1.88 bits per heavy atom. The van der Waals surface area contributed by atoms with Gasteiger partial charge in [0, 0.05) is 24.7 Å². The van der Waals surface area contributed by atoms with E-state index in [1.165, 1.54) is 18.2 Å². The van der Waals surface area contributed by atoms with Crippen molar-refractivity contribution in [1.82, 2.24) is 4.90 Å². The van der Waals surface area contributed by atoms with Gasteiger partial charge in [0.05, 0.1) is 12.0 Å². The van der Waals surface area contributed by atoms with Crippen molar-refractivity contribution in [3.05, 3.63) is 47.1 Å². The lowest BCUT2D eigenvalue weighted by molar-refractivity contribution is -0.113. The summed E-state index contributed by atoms with van der Waals surface area (Å²) in [4.78, 5) is 19.3. The van der Waals surface area contributed by atoms with Crippen LogP contribution in [-0.4, -0.2) is 36.2 Å². The lowest BCUT2D eigenvalue weighted by Gasteiger charge is -2.27. The number of benzene rings is 1. The predicted octanol–water partition coefficient (Wildman–Crippen LogP) is 4.41. The van der Waals surface area contributed by atoms with E-state index < -0.39 is 0 Å². The molecular formula is C20H20N2O3S. The Balaban J connectivity index is 1.48. The second-order valence-electron chi connectivity index (χ2n) is 6.29. The maximum atomic E-state index is 12.2. The average Bonchev–Trinajstić information content (AvgIpc) is 3.30. The highest BCUT2D eigenvalue weighted by Crippen LogP contribution is 2.32. The number of piperidine rings is 1. The summed E-state index contributed by atoms with van der Waals surface area (Å²) in [5.41, 5.74) is 0.964. The van der Waals surface area contributed by atoms with E-state index in [9.17, 15) is 4.79 Å². The zero-order valence-corrected chi connectivity index (χ0v) is 15.4. The first-order chi connectivity index (χ1) is 12.7. The maximum Gasteiger partial charge on any atom is 0.286 e. The lowest BCUT2D eigenvalue weighted by atomic mass is 10.1. The van der Waals surface area contributed by atoms with Crippen molar-refractivity contribution in [2.24, 2.45) is 4.99 Å². The van der Waals surface area contributed by atoms with Crippen LogP contribution in [-0.2, 0) is 4.79 Å². The second-order valence-corrected chi connectivity index (χ2v) is 7.30. The molecule has 1 aromatic heterocycles. The molecule has 4 rings (SSSR count). The number of hydrogen-bond acceptors (Lipinski definition) is 5. The molecule has 0 N–H and O–H groups in total. The third-order valence-electron chi connectivity index (χ3n) is 4.51. The van der Waals surface area contributed by atoms with E-state index in [2.05, 4.69) is 9.89 Å². The van der Waals surface area contributed by atoms with Crippen LogP contribution in [0.15, 0.2) is 50.7 Å². The van der Waals surface area contributed by atoms with Crippen molar-refractivity contribution >= 4 is 28.9 Å². The summed E-state index contributed by atoms with van der Waals surface area (Å²) in [6, 6.07) is 11.5. The van der Waals surface area contributed by atoms with Gasteiger partial charge < -0.3 is 14.1 Å². The van der Waals surface area contributed by atoms with E-state index in [4.69, 9.17) is 9.15 Å². The number of amidine groups is 1. The van der Waals surface area contributed by atoms with Crippen LogP contribution in [0.25, 0.3) is 17.4 Å². The van der Waals surface area contributed by atoms with Gasteiger partial charge in [0.2, 0.25) is 0 Å². The number of furan rings is 1. The number of aliphatic imine (C=N–C) groups is 1. The molecule has 1 saturated heterocycles. The van der Waals surface area contributed by atoms with Crippen LogP contribution < -0.4 is 4.74 Å². The highest BCUT2D eigenvalue weighted by atomic mass is 32.2. The molecular weight excluding hydrogens is 348 g/mol. The van der Waals surface area contributed by atoms with Crippen LogP contribution in [0.1, 0.15) is 25.0 Å². The molecule has 26 heavy (non-hydrogen) atoms. The number of carbonyl (C=O) groups is 1. The second kappa shape index (κ2) is 7.41. The minimum atomic E-state index is -0.182. The van der Waals surface area contributed by atoms with Crippen molar-refractivity contribution in [3.63, 3.8) is 0 Å². The first kappa shape index (κ1) is 17.0. The van der Waals surface area contributed by atoms with E-state index in [0.717, 1.165) is 48.2 Å². The molecule has 2 aliphatic rings. The Morgan fingerprint density at radius 1 is 1.12 bits per heavy atom. The standard InChI is InChI=1S/C20H20N2O3S/c1-24-15-7-5-14(6-8-15)17-10-9-16(25-17)13-18-19(23)21-20(26-18)22-11-3-2-4-12-22/h5-10,13H,2-4,11-12H2,1H3/b18-13-. The Kier molecular flexibility index (Phi) is 4.84. The number of carbonyl (C=O) groups excluding carboxylic acids is 1. The molecule has 1 fully saturated rings. The summed E-state index contributed by atoms with van der Waals surface area (Å²) in [5.74, 6) is 2.03. The van der Waals surface area contributed by atoms with Gasteiger partial charge in [0.15, 0.2) is 5.17 Å². The fraction of sp³-hybridized carbons (Fsp3) is 0.300. The lowest BCUT2D eigenvalue weighted by Crippen LogP contribution is -2.33. The Bertz CT molecular complexity index is 861. The molecule has 0 spiro atoms. The highest BCUT2D eigenvalue weighted by molar-refractivity contribution is 8.18. The molecule has 0 saturated carbocycles. The van der Waals surface area contributed by atoms with Crippen LogP contribution in [0.5, 0.6) is 5.75 Å². The van der Waals surface area contributed by atoms with Crippen molar-refractivity contribution in [2.45, 2.75) is 19.3 Å². The van der Waals surface area contributed by atoms with Gasteiger partial charge in [-0.25, -0.2) is 0 Å². The fourth-order valence-electron chi connectivity index (χ4n) is 3.09. The van der Waals surface area contributed by atoms with Gasteiger partial charge in [-0.15, -0.1) is 0 Å². The van der Waals surface area contributed by atoms with Gasteiger partial charge >= 0.3 is 0 Å². The van der Waals surface area contributed by atoms with E-state index in [1.54, 1.807) is 13.2 Å². The number of methoxy groups -OCH3 is 1. The topological polar surface area (TPSA) is 55.0 Å². The largest absolute Gasteiger partial charge is 0.497 e. The van der Waals surface area contributed by atoms with E-state index in [0.29, 0.717) is 10.7 Å². The maximum absolute atomic E-state index is 12.2. The fourth-order valence-corrected chi connectivity index (χ4v) is 4.03. The Morgan fingerprint density at radius 3 is 2.62 bits per heavy atom. The summed E-state index contributed by atoms with van der Waals surface area (Å²) in [7, 11) is 1.64. The van der Waals surface area contributed by atoms with Crippen LogP contribution >= 0.6 is 11.8 Å². The number of likely N-dealkylation sites (tertiary alicyclic amines) is 1. The number of amides is 1. The number of rotatable bonds is 3. The molecule has 2 aliphatic heterocycles. The summed E-state index contributed by atoms with van der Waals surface area (Å²) in [6.45, 7) is 1.96. The minimum absolute atomic E-state index is 0.182. The van der Waals surface area contributed by atoms with E-state index >= 15 is 0 Å². The van der Waals surface area contributed by atoms with Gasteiger partial charge in [-0.1, -0.05) is 0 Å². The predicted molar refractivity (Wildman–Crippen MR) is 104 cm³/mol. The van der Waals surface area contributed by atoms with Gasteiger partial charge in [0.1, 0.15) is 17.3 Å². The molecule has 1 aromatic carbocycles. The smallest absolute Gasteiger partial charge is 0.286 e. The van der Waals surface area contributed by atoms with Crippen molar-refractivity contribution in [3.8, 4) is 17.1 Å². The molecule has 0 unspecified atom stereocenters. The zero-order valence-electron chi connectivity index (χ0n) is 14.6. The van der Waals surface area contributed by atoms with Gasteiger partial charge in [-0.05, 0) is 67.4 Å². The first-order valence-electron chi connectivity index (χ1n) is 8.75. The van der Waals surface area contributed by atoms with Crippen LogP contribution in [0.4, 0.5) is 0 Å². The van der Waals surface area contributed by atoms with Crippen LogP contribution in [0, 0.1) is 0 Å². The van der Waals surface area contributed by atoms with Crippen molar-refractivity contribution in [2.75, 3.05) is 20.2 Å². The van der Waals surface area contributed by atoms with Gasteiger partial charge in [0.25, 0.3) is 5.91 Å². The van der Waals surface area contributed by atoms with E-state index in [1.807, 2.05) is 36.4 Å². The zero-order chi connectivity index (χ0) is 17.9. The molecule has 0 bridgehead atoms. The molecule has 1 amide bonds. The molecule has 134 valence electrons. The average molecular weight is 368 g/mol.